The molecule has 2 aromatic rings. The van der Waals surface area contributed by atoms with Gasteiger partial charge in [0.25, 0.3) is 0 Å². The molecule has 2 aromatic carbocycles. The van der Waals surface area contributed by atoms with Gasteiger partial charge in [-0.25, -0.2) is 13.2 Å². The number of aryl methyl sites for hydroxylation is 1. The second-order valence-electron chi connectivity index (χ2n) is 4.06. The summed E-state index contributed by atoms with van der Waals surface area (Å²) in [5.74, 6) is -2.72. The number of halogens is 3. The zero-order valence-corrected chi connectivity index (χ0v) is 10.1. The van der Waals surface area contributed by atoms with Gasteiger partial charge in [0.05, 0.1) is 6.61 Å². The number of hydrogen-bond acceptors (Lipinski definition) is 2. The Hall–Kier alpha value is -2.01. The number of benzene rings is 2. The summed E-state index contributed by atoms with van der Waals surface area (Å²) < 4.78 is 45.3. The zero-order valence-electron chi connectivity index (χ0n) is 10.1. The lowest BCUT2D eigenvalue weighted by atomic mass is 10.2. The van der Waals surface area contributed by atoms with Crippen LogP contribution in [0.15, 0.2) is 30.3 Å². The van der Waals surface area contributed by atoms with E-state index in [2.05, 4.69) is 0 Å². The molecule has 0 spiro atoms. The van der Waals surface area contributed by atoms with Crippen molar-refractivity contribution in [2.45, 2.75) is 13.5 Å². The Labute approximate surface area is 108 Å². The molecule has 100 valence electrons. The van der Waals surface area contributed by atoms with Crippen molar-refractivity contribution < 1.29 is 23.0 Å². The molecule has 0 saturated carbocycles. The molecule has 19 heavy (non-hydrogen) atoms. The van der Waals surface area contributed by atoms with Gasteiger partial charge in [-0.1, -0.05) is 0 Å². The highest BCUT2D eigenvalue weighted by molar-refractivity contribution is 5.39. The third-order valence-corrected chi connectivity index (χ3v) is 2.59. The first-order chi connectivity index (χ1) is 9.01. The summed E-state index contributed by atoms with van der Waals surface area (Å²) in [5.41, 5.74) is 0.531. The number of aliphatic hydroxyl groups is 1. The van der Waals surface area contributed by atoms with E-state index in [0.29, 0.717) is 5.56 Å². The lowest BCUT2D eigenvalue weighted by molar-refractivity contribution is 0.279. The second-order valence-corrected chi connectivity index (χ2v) is 4.06. The lowest BCUT2D eigenvalue weighted by Gasteiger charge is -2.11. The predicted molar refractivity (Wildman–Crippen MR) is 63.5 cm³/mol. The predicted octanol–water partition coefficient (Wildman–Crippen LogP) is 3.70. The Kier molecular flexibility index (Phi) is 3.76. The van der Waals surface area contributed by atoms with Crippen molar-refractivity contribution >= 4 is 0 Å². The number of rotatable bonds is 3. The van der Waals surface area contributed by atoms with E-state index in [0.717, 1.165) is 18.2 Å². The standard InChI is InChI=1S/C14H11F3O2/c1-8-4-10(15)2-3-13(8)19-14-11(16)5-9(7-18)6-12(14)17/h2-6,18H,7H2,1H3. The van der Waals surface area contributed by atoms with E-state index < -0.39 is 29.8 Å². The monoisotopic (exact) mass is 268 g/mol. The Balaban J connectivity index is 2.38. The molecular weight excluding hydrogens is 257 g/mol. The highest BCUT2D eigenvalue weighted by Crippen LogP contribution is 2.30. The Morgan fingerprint density at radius 3 is 2.21 bits per heavy atom. The summed E-state index contributed by atoms with van der Waals surface area (Å²) in [6, 6.07) is 5.60. The van der Waals surface area contributed by atoms with Crippen LogP contribution in [0.4, 0.5) is 13.2 Å². The second kappa shape index (κ2) is 5.32. The number of hydrogen-bond donors (Lipinski definition) is 1. The summed E-state index contributed by atoms with van der Waals surface area (Å²) in [6.45, 7) is 1.10. The van der Waals surface area contributed by atoms with Crippen molar-refractivity contribution in [3.05, 3.63) is 58.9 Å². The first-order valence-corrected chi connectivity index (χ1v) is 5.54. The van der Waals surface area contributed by atoms with Crippen LogP contribution in [-0.2, 0) is 6.61 Å². The topological polar surface area (TPSA) is 29.5 Å². The molecule has 0 atom stereocenters. The molecule has 0 bridgehead atoms. The molecule has 0 aliphatic heterocycles. The first kappa shape index (κ1) is 13.4. The van der Waals surface area contributed by atoms with E-state index in [1.807, 2.05) is 0 Å². The van der Waals surface area contributed by atoms with Crippen LogP contribution in [-0.4, -0.2) is 5.11 Å². The van der Waals surface area contributed by atoms with Crippen LogP contribution in [0, 0.1) is 24.4 Å². The fourth-order valence-corrected chi connectivity index (χ4v) is 1.64. The van der Waals surface area contributed by atoms with Gasteiger partial charge in [-0.05, 0) is 48.4 Å². The normalized spacial score (nSPS) is 10.6. The van der Waals surface area contributed by atoms with Crippen LogP contribution in [0.25, 0.3) is 0 Å². The molecule has 0 aromatic heterocycles. The van der Waals surface area contributed by atoms with Gasteiger partial charge in [0, 0.05) is 0 Å². The fourth-order valence-electron chi connectivity index (χ4n) is 1.64. The molecule has 5 heteroatoms. The Morgan fingerprint density at radius 1 is 1.05 bits per heavy atom. The lowest BCUT2D eigenvalue weighted by Crippen LogP contribution is -1.97. The number of ether oxygens (including phenoxy) is 1. The van der Waals surface area contributed by atoms with E-state index in [-0.39, 0.29) is 11.3 Å². The smallest absolute Gasteiger partial charge is 0.198 e. The van der Waals surface area contributed by atoms with Gasteiger partial charge >= 0.3 is 0 Å². The number of aliphatic hydroxyl groups excluding tert-OH is 1. The fraction of sp³-hybridized carbons (Fsp3) is 0.143. The van der Waals surface area contributed by atoms with Gasteiger partial charge in [0.1, 0.15) is 11.6 Å². The highest BCUT2D eigenvalue weighted by Gasteiger charge is 2.14. The highest BCUT2D eigenvalue weighted by atomic mass is 19.1. The van der Waals surface area contributed by atoms with Crippen LogP contribution in [0.5, 0.6) is 11.5 Å². The quantitative estimate of drug-likeness (QED) is 0.919. The molecule has 0 amide bonds. The van der Waals surface area contributed by atoms with Crippen molar-refractivity contribution in [1.82, 2.24) is 0 Å². The molecule has 2 rings (SSSR count). The van der Waals surface area contributed by atoms with E-state index in [4.69, 9.17) is 9.84 Å². The van der Waals surface area contributed by atoms with Gasteiger partial charge in [-0.3, -0.25) is 0 Å². The molecule has 0 radical (unpaired) electrons. The molecule has 0 saturated heterocycles. The van der Waals surface area contributed by atoms with Crippen LogP contribution in [0.1, 0.15) is 11.1 Å². The van der Waals surface area contributed by atoms with E-state index in [1.54, 1.807) is 6.92 Å². The van der Waals surface area contributed by atoms with Crippen LogP contribution >= 0.6 is 0 Å². The van der Waals surface area contributed by atoms with Crippen LogP contribution < -0.4 is 4.74 Å². The largest absolute Gasteiger partial charge is 0.451 e. The molecule has 0 aliphatic carbocycles. The summed E-state index contributed by atoms with van der Waals surface area (Å²) in [5, 5.41) is 8.83. The van der Waals surface area contributed by atoms with Crippen molar-refractivity contribution in [2.24, 2.45) is 0 Å². The van der Waals surface area contributed by atoms with Crippen molar-refractivity contribution in [3.8, 4) is 11.5 Å². The van der Waals surface area contributed by atoms with Gasteiger partial charge in [0.2, 0.25) is 0 Å². The molecule has 0 aliphatic rings. The maximum absolute atomic E-state index is 13.6. The summed E-state index contributed by atoms with van der Waals surface area (Å²) >= 11 is 0. The van der Waals surface area contributed by atoms with Gasteiger partial charge < -0.3 is 9.84 Å². The average molecular weight is 268 g/mol. The maximum Gasteiger partial charge on any atom is 0.198 e. The van der Waals surface area contributed by atoms with Crippen molar-refractivity contribution in [3.63, 3.8) is 0 Å². The molecule has 2 nitrogen and oxygen atoms in total. The summed E-state index contributed by atoms with van der Waals surface area (Å²) in [6.07, 6.45) is 0. The first-order valence-electron chi connectivity index (χ1n) is 5.54. The van der Waals surface area contributed by atoms with Crippen LogP contribution in [0.2, 0.25) is 0 Å². The van der Waals surface area contributed by atoms with E-state index in [1.165, 1.54) is 12.1 Å². The van der Waals surface area contributed by atoms with Gasteiger partial charge in [0.15, 0.2) is 17.4 Å². The van der Waals surface area contributed by atoms with Crippen LogP contribution in [0.3, 0.4) is 0 Å². The average Bonchev–Trinajstić information content (AvgIpc) is 2.35. The Morgan fingerprint density at radius 2 is 1.68 bits per heavy atom. The molecule has 0 fully saturated rings. The van der Waals surface area contributed by atoms with Gasteiger partial charge in [-0.2, -0.15) is 0 Å². The Bertz CT molecular complexity index is 589. The maximum atomic E-state index is 13.6. The molecule has 0 heterocycles. The summed E-state index contributed by atoms with van der Waals surface area (Å²) in [7, 11) is 0. The summed E-state index contributed by atoms with van der Waals surface area (Å²) in [4.78, 5) is 0. The van der Waals surface area contributed by atoms with E-state index in [9.17, 15) is 13.2 Å². The molecule has 1 N–H and O–H groups in total. The zero-order chi connectivity index (χ0) is 14.0. The SMILES string of the molecule is Cc1cc(F)ccc1Oc1c(F)cc(CO)cc1F. The van der Waals surface area contributed by atoms with Crippen molar-refractivity contribution in [1.29, 1.82) is 0 Å². The minimum Gasteiger partial charge on any atom is -0.451 e. The van der Waals surface area contributed by atoms with Crippen molar-refractivity contribution in [2.75, 3.05) is 0 Å². The molecular formula is C14H11F3O2. The third kappa shape index (κ3) is 2.88. The molecule has 0 unspecified atom stereocenters. The third-order valence-electron chi connectivity index (χ3n) is 2.59. The minimum absolute atomic E-state index is 0.109. The van der Waals surface area contributed by atoms with Gasteiger partial charge in [-0.15, -0.1) is 0 Å². The minimum atomic E-state index is -0.923. The van der Waals surface area contributed by atoms with E-state index >= 15 is 0 Å².